The summed E-state index contributed by atoms with van der Waals surface area (Å²) in [4.78, 5) is 12.2. The van der Waals surface area contributed by atoms with Crippen LogP contribution < -0.4 is 10.6 Å². The van der Waals surface area contributed by atoms with Crippen molar-refractivity contribution in [2.75, 3.05) is 6.54 Å². The number of piperidine rings is 1. The molecule has 18 heavy (non-hydrogen) atoms. The van der Waals surface area contributed by atoms with Gasteiger partial charge in [-0.1, -0.05) is 15.9 Å². The number of nitrogens with one attached hydrogen (secondary N) is 2. The first-order valence-electron chi connectivity index (χ1n) is 6.05. The van der Waals surface area contributed by atoms with E-state index >= 15 is 0 Å². The number of halogens is 2. The number of amides is 1. The molecule has 1 aromatic rings. The summed E-state index contributed by atoms with van der Waals surface area (Å²) in [6, 6.07) is 6.33. The molecule has 3 nitrogen and oxygen atoms in total. The highest BCUT2D eigenvalue weighted by Crippen LogP contribution is 2.22. The van der Waals surface area contributed by atoms with Crippen LogP contribution in [0.25, 0.3) is 0 Å². The van der Waals surface area contributed by atoms with Gasteiger partial charge < -0.3 is 10.6 Å². The zero-order valence-electron chi connectivity index (χ0n) is 10.2. The largest absolute Gasteiger partial charge is 0.349 e. The van der Waals surface area contributed by atoms with Crippen molar-refractivity contribution in [1.82, 2.24) is 10.6 Å². The zero-order chi connectivity index (χ0) is 13.1. The Labute approximate surface area is 124 Å². The van der Waals surface area contributed by atoms with E-state index in [4.69, 9.17) is 0 Å². The summed E-state index contributed by atoms with van der Waals surface area (Å²) in [6.07, 6.45) is 1.98. The minimum Gasteiger partial charge on any atom is -0.349 e. The highest BCUT2D eigenvalue weighted by Gasteiger charge is 2.21. The average molecular weight is 376 g/mol. The van der Waals surface area contributed by atoms with E-state index < -0.39 is 0 Å². The van der Waals surface area contributed by atoms with E-state index in [1.807, 2.05) is 18.2 Å². The molecule has 0 radical (unpaired) electrons. The molecule has 0 aliphatic carbocycles. The molecule has 0 spiro atoms. The molecule has 0 bridgehead atoms. The summed E-state index contributed by atoms with van der Waals surface area (Å²) in [5.41, 5.74) is 0.685. The Bertz CT molecular complexity index is 451. The van der Waals surface area contributed by atoms with E-state index in [1.165, 1.54) is 0 Å². The first-order chi connectivity index (χ1) is 8.56. The molecule has 5 heteroatoms. The molecule has 2 rings (SSSR count). The monoisotopic (exact) mass is 374 g/mol. The number of rotatable bonds is 2. The third-order valence-corrected chi connectivity index (χ3v) is 4.28. The van der Waals surface area contributed by atoms with Crippen molar-refractivity contribution >= 4 is 37.8 Å². The topological polar surface area (TPSA) is 41.1 Å². The van der Waals surface area contributed by atoms with Crippen LogP contribution >= 0.6 is 31.9 Å². The smallest absolute Gasteiger partial charge is 0.252 e. The van der Waals surface area contributed by atoms with Crippen LogP contribution in [0.15, 0.2) is 27.1 Å². The van der Waals surface area contributed by atoms with Crippen LogP contribution in [-0.4, -0.2) is 24.5 Å². The Kier molecular flexibility index (Phi) is 4.81. The first-order valence-corrected chi connectivity index (χ1v) is 7.64. The van der Waals surface area contributed by atoms with Gasteiger partial charge in [0.2, 0.25) is 0 Å². The standard InChI is InChI=1S/C13H16Br2N2O/c1-8-6-10(4-5-16-8)17-13(18)11-3-2-9(14)7-12(11)15/h2-3,7-8,10,16H,4-6H2,1H3,(H,17,18). The van der Waals surface area contributed by atoms with Crippen LogP contribution in [0.3, 0.4) is 0 Å². The minimum absolute atomic E-state index is 0.00604. The van der Waals surface area contributed by atoms with Gasteiger partial charge >= 0.3 is 0 Å². The molecule has 1 aliphatic rings. The second kappa shape index (κ2) is 6.17. The van der Waals surface area contributed by atoms with E-state index in [1.54, 1.807) is 0 Å². The molecule has 1 amide bonds. The minimum atomic E-state index is -0.00604. The van der Waals surface area contributed by atoms with Crippen molar-refractivity contribution in [2.45, 2.75) is 31.8 Å². The van der Waals surface area contributed by atoms with Gasteiger partial charge in [0, 0.05) is 21.0 Å². The molecule has 0 saturated carbocycles. The Morgan fingerprint density at radius 3 is 2.89 bits per heavy atom. The maximum absolute atomic E-state index is 12.2. The second-order valence-electron chi connectivity index (χ2n) is 4.67. The highest BCUT2D eigenvalue weighted by molar-refractivity contribution is 9.11. The van der Waals surface area contributed by atoms with Crippen molar-refractivity contribution in [3.8, 4) is 0 Å². The second-order valence-corrected chi connectivity index (χ2v) is 6.44. The molecule has 1 fully saturated rings. The third kappa shape index (κ3) is 3.56. The fourth-order valence-electron chi connectivity index (χ4n) is 2.20. The summed E-state index contributed by atoms with van der Waals surface area (Å²) in [5, 5.41) is 6.48. The van der Waals surface area contributed by atoms with Crippen LogP contribution in [0.1, 0.15) is 30.1 Å². The summed E-state index contributed by atoms with van der Waals surface area (Å²) in [6.45, 7) is 3.11. The van der Waals surface area contributed by atoms with Gasteiger partial charge in [0.15, 0.2) is 0 Å². The zero-order valence-corrected chi connectivity index (χ0v) is 13.3. The maximum Gasteiger partial charge on any atom is 0.252 e. The van der Waals surface area contributed by atoms with Gasteiger partial charge in [-0.05, 0) is 60.4 Å². The molecular weight excluding hydrogens is 360 g/mol. The Hall–Kier alpha value is -0.390. The molecule has 0 aromatic heterocycles. The molecule has 1 heterocycles. The lowest BCUT2D eigenvalue weighted by atomic mass is 10.0. The highest BCUT2D eigenvalue weighted by atomic mass is 79.9. The summed E-state index contributed by atoms with van der Waals surface area (Å²) in [7, 11) is 0. The molecule has 2 N–H and O–H groups in total. The number of carbonyl (C=O) groups is 1. The van der Waals surface area contributed by atoms with Crippen molar-refractivity contribution in [2.24, 2.45) is 0 Å². The lowest BCUT2D eigenvalue weighted by Crippen LogP contribution is -2.46. The van der Waals surface area contributed by atoms with Crippen molar-refractivity contribution in [3.05, 3.63) is 32.7 Å². The fraction of sp³-hybridized carbons (Fsp3) is 0.462. The van der Waals surface area contributed by atoms with Gasteiger partial charge in [-0.2, -0.15) is 0 Å². The number of hydrogen-bond donors (Lipinski definition) is 2. The molecule has 98 valence electrons. The van der Waals surface area contributed by atoms with Crippen molar-refractivity contribution in [1.29, 1.82) is 0 Å². The molecule has 2 unspecified atom stereocenters. The lowest BCUT2D eigenvalue weighted by Gasteiger charge is -2.28. The normalized spacial score (nSPS) is 23.7. The molecule has 2 atom stereocenters. The van der Waals surface area contributed by atoms with Crippen molar-refractivity contribution < 1.29 is 4.79 Å². The van der Waals surface area contributed by atoms with Gasteiger partial charge in [0.25, 0.3) is 5.91 Å². The van der Waals surface area contributed by atoms with Crippen LogP contribution in [0, 0.1) is 0 Å². The van der Waals surface area contributed by atoms with E-state index in [0.717, 1.165) is 28.3 Å². The molecular formula is C13H16Br2N2O. The quantitative estimate of drug-likeness (QED) is 0.833. The average Bonchev–Trinajstić information content (AvgIpc) is 2.28. The Morgan fingerprint density at radius 1 is 1.44 bits per heavy atom. The summed E-state index contributed by atoms with van der Waals surface area (Å²) in [5.74, 6) is -0.00604. The molecule has 1 aliphatic heterocycles. The van der Waals surface area contributed by atoms with Crippen LogP contribution in [0.4, 0.5) is 0 Å². The van der Waals surface area contributed by atoms with Gasteiger partial charge in [-0.15, -0.1) is 0 Å². The van der Waals surface area contributed by atoms with Crippen LogP contribution in [-0.2, 0) is 0 Å². The number of carbonyl (C=O) groups excluding carboxylic acids is 1. The Balaban J connectivity index is 2.03. The van der Waals surface area contributed by atoms with Gasteiger partial charge in [0.1, 0.15) is 0 Å². The van der Waals surface area contributed by atoms with E-state index in [-0.39, 0.29) is 11.9 Å². The predicted octanol–water partition coefficient (Wildman–Crippen LogP) is 3.08. The number of benzene rings is 1. The van der Waals surface area contributed by atoms with Crippen LogP contribution in [0.5, 0.6) is 0 Å². The lowest BCUT2D eigenvalue weighted by molar-refractivity contribution is 0.0925. The van der Waals surface area contributed by atoms with E-state index in [9.17, 15) is 4.79 Å². The fourth-order valence-corrected chi connectivity index (χ4v) is 3.43. The van der Waals surface area contributed by atoms with Crippen molar-refractivity contribution in [3.63, 3.8) is 0 Å². The summed E-state index contributed by atoms with van der Waals surface area (Å²) < 4.78 is 1.78. The van der Waals surface area contributed by atoms with E-state index in [2.05, 4.69) is 49.4 Å². The maximum atomic E-state index is 12.2. The first kappa shape index (κ1) is 14.0. The molecule has 1 aromatic carbocycles. The van der Waals surface area contributed by atoms with Gasteiger partial charge in [0.05, 0.1) is 5.56 Å². The SMILES string of the molecule is CC1CC(NC(=O)c2ccc(Br)cc2Br)CCN1. The third-order valence-electron chi connectivity index (χ3n) is 3.13. The van der Waals surface area contributed by atoms with Gasteiger partial charge in [-0.3, -0.25) is 4.79 Å². The molecule has 1 saturated heterocycles. The Morgan fingerprint density at radius 2 is 2.22 bits per heavy atom. The predicted molar refractivity (Wildman–Crippen MR) is 79.8 cm³/mol. The van der Waals surface area contributed by atoms with E-state index in [0.29, 0.717) is 11.6 Å². The number of hydrogen-bond acceptors (Lipinski definition) is 2. The summed E-state index contributed by atoms with van der Waals surface area (Å²) >= 11 is 6.80. The van der Waals surface area contributed by atoms with Gasteiger partial charge in [-0.25, -0.2) is 0 Å². The van der Waals surface area contributed by atoms with Crippen LogP contribution in [0.2, 0.25) is 0 Å².